The van der Waals surface area contributed by atoms with Crippen molar-refractivity contribution >= 4 is 39.1 Å². The van der Waals surface area contributed by atoms with E-state index >= 15 is 0 Å². The van der Waals surface area contributed by atoms with Gasteiger partial charge >= 0.3 is 0 Å². The van der Waals surface area contributed by atoms with Gasteiger partial charge in [-0.05, 0) is 64.2 Å². The Kier molecular flexibility index (Phi) is 5.32. The van der Waals surface area contributed by atoms with Crippen LogP contribution >= 0.6 is 11.3 Å². The topological polar surface area (TPSA) is 84.0 Å². The standard InChI is InChI=1S/C23H26N4O2S/c1-11-8-12(2)19(13(3)9-11)26-17(28)10-24-22(29)20-14(4)18-15(5)25-21(16-6-7-16)27-23(18)30-20/h8-9,16H,6-7,10H2,1-5H3,(H,24,29)(H,26,28). The lowest BCUT2D eigenvalue weighted by Crippen LogP contribution is -2.33. The second-order valence-corrected chi connectivity index (χ2v) is 9.18. The Morgan fingerprint density at radius 3 is 2.37 bits per heavy atom. The molecule has 0 bridgehead atoms. The van der Waals surface area contributed by atoms with Gasteiger partial charge in [0, 0.05) is 17.0 Å². The van der Waals surface area contributed by atoms with Crippen LogP contribution in [0.1, 0.15) is 62.2 Å². The fraction of sp³-hybridized carbons (Fsp3) is 0.391. The maximum absolute atomic E-state index is 12.8. The lowest BCUT2D eigenvalue weighted by molar-refractivity contribution is -0.115. The van der Waals surface area contributed by atoms with Crippen molar-refractivity contribution in [3.63, 3.8) is 0 Å². The Labute approximate surface area is 180 Å². The lowest BCUT2D eigenvalue weighted by atomic mass is 10.1. The van der Waals surface area contributed by atoms with Gasteiger partial charge in [-0.2, -0.15) is 0 Å². The summed E-state index contributed by atoms with van der Waals surface area (Å²) < 4.78 is 0. The van der Waals surface area contributed by atoms with Crippen LogP contribution in [-0.4, -0.2) is 28.3 Å². The largest absolute Gasteiger partial charge is 0.342 e. The molecule has 1 aromatic carbocycles. The Hall–Kier alpha value is -2.80. The van der Waals surface area contributed by atoms with Crippen molar-refractivity contribution < 1.29 is 9.59 Å². The van der Waals surface area contributed by atoms with Crippen molar-refractivity contribution in [3.05, 3.63) is 50.8 Å². The number of aromatic nitrogens is 2. The predicted molar refractivity (Wildman–Crippen MR) is 120 cm³/mol. The third kappa shape index (κ3) is 3.94. The van der Waals surface area contributed by atoms with Gasteiger partial charge in [-0.1, -0.05) is 17.7 Å². The van der Waals surface area contributed by atoms with Crippen LogP contribution in [0.25, 0.3) is 10.2 Å². The monoisotopic (exact) mass is 422 g/mol. The van der Waals surface area contributed by atoms with Crippen LogP contribution in [0.15, 0.2) is 12.1 Å². The summed E-state index contributed by atoms with van der Waals surface area (Å²) in [5.74, 6) is 0.848. The highest BCUT2D eigenvalue weighted by Crippen LogP contribution is 2.40. The normalized spacial score (nSPS) is 13.5. The third-order valence-corrected chi connectivity index (χ3v) is 6.67. The van der Waals surface area contributed by atoms with E-state index in [1.807, 2.05) is 46.8 Å². The minimum atomic E-state index is -0.254. The van der Waals surface area contributed by atoms with Gasteiger partial charge in [0.2, 0.25) is 5.91 Å². The number of rotatable bonds is 5. The molecule has 2 aromatic heterocycles. The molecule has 4 rings (SSSR count). The first-order valence-corrected chi connectivity index (χ1v) is 11.0. The van der Waals surface area contributed by atoms with E-state index in [2.05, 4.69) is 20.6 Å². The van der Waals surface area contributed by atoms with Gasteiger partial charge in [-0.3, -0.25) is 9.59 Å². The summed E-state index contributed by atoms with van der Waals surface area (Å²) in [6, 6.07) is 4.06. The highest BCUT2D eigenvalue weighted by Gasteiger charge is 2.28. The molecule has 0 spiro atoms. The average molecular weight is 423 g/mol. The number of hydrogen-bond donors (Lipinski definition) is 2. The number of anilines is 1. The smallest absolute Gasteiger partial charge is 0.262 e. The number of amides is 2. The van der Waals surface area contributed by atoms with Gasteiger partial charge in [0.15, 0.2) is 0 Å². The molecule has 30 heavy (non-hydrogen) atoms. The van der Waals surface area contributed by atoms with Crippen molar-refractivity contribution in [2.45, 2.75) is 53.4 Å². The van der Waals surface area contributed by atoms with Crippen LogP contribution in [0, 0.1) is 34.6 Å². The molecule has 6 nitrogen and oxygen atoms in total. The minimum Gasteiger partial charge on any atom is -0.342 e. The van der Waals surface area contributed by atoms with Crippen LogP contribution < -0.4 is 10.6 Å². The van der Waals surface area contributed by atoms with Gasteiger partial charge in [0.1, 0.15) is 10.7 Å². The zero-order chi connectivity index (χ0) is 21.6. The summed E-state index contributed by atoms with van der Waals surface area (Å²) in [6.07, 6.45) is 2.27. The molecule has 2 N–H and O–H groups in total. The number of hydrogen-bond acceptors (Lipinski definition) is 5. The number of nitrogens with one attached hydrogen (secondary N) is 2. The van der Waals surface area contributed by atoms with Gasteiger partial charge in [-0.15, -0.1) is 11.3 Å². The van der Waals surface area contributed by atoms with Crippen molar-refractivity contribution in [1.29, 1.82) is 0 Å². The highest BCUT2D eigenvalue weighted by atomic mass is 32.1. The molecular formula is C23H26N4O2S. The molecule has 1 saturated carbocycles. The predicted octanol–water partition coefficient (Wildman–Crippen LogP) is 4.48. The van der Waals surface area contributed by atoms with E-state index in [-0.39, 0.29) is 18.4 Å². The van der Waals surface area contributed by atoms with Crippen molar-refractivity contribution in [3.8, 4) is 0 Å². The Morgan fingerprint density at radius 2 is 1.73 bits per heavy atom. The number of aryl methyl sites for hydroxylation is 5. The molecule has 2 amide bonds. The molecule has 1 fully saturated rings. The average Bonchev–Trinajstić information content (AvgIpc) is 3.46. The molecule has 0 unspecified atom stereocenters. The van der Waals surface area contributed by atoms with E-state index < -0.39 is 0 Å². The summed E-state index contributed by atoms with van der Waals surface area (Å²) in [5.41, 5.74) is 5.76. The molecule has 3 aromatic rings. The molecule has 0 aliphatic heterocycles. The maximum atomic E-state index is 12.8. The summed E-state index contributed by atoms with van der Waals surface area (Å²) >= 11 is 1.37. The number of benzene rings is 1. The van der Waals surface area contributed by atoms with Gasteiger partial charge in [0.05, 0.1) is 17.1 Å². The Morgan fingerprint density at radius 1 is 1.07 bits per heavy atom. The number of nitrogens with zero attached hydrogens (tertiary/aromatic N) is 2. The number of carbonyl (C=O) groups is 2. The van der Waals surface area contributed by atoms with Crippen LogP contribution in [0.3, 0.4) is 0 Å². The summed E-state index contributed by atoms with van der Waals surface area (Å²) in [4.78, 5) is 36.0. The van der Waals surface area contributed by atoms with E-state index in [9.17, 15) is 9.59 Å². The molecule has 7 heteroatoms. The molecular weight excluding hydrogens is 396 g/mol. The second kappa shape index (κ2) is 7.80. The molecule has 0 atom stereocenters. The first kappa shape index (κ1) is 20.5. The van der Waals surface area contributed by atoms with Crippen LogP contribution in [0.4, 0.5) is 5.69 Å². The molecule has 0 saturated heterocycles. The van der Waals surface area contributed by atoms with E-state index in [1.54, 1.807) is 0 Å². The van der Waals surface area contributed by atoms with Crippen LogP contribution in [-0.2, 0) is 4.79 Å². The van der Waals surface area contributed by atoms with Gasteiger partial charge < -0.3 is 10.6 Å². The highest BCUT2D eigenvalue weighted by molar-refractivity contribution is 7.20. The molecule has 1 aliphatic carbocycles. The fourth-order valence-electron chi connectivity index (χ4n) is 3.90. The maximum Gasteiger partial charge on any atom is 0.262 e. The first-order valence-electron chi connectivity index (χ1n) is 10.2. The zero-order valence-electron chi connectivity index (χ0n) is 18.0. The van der Waals surface area contributed by atoms with Crippen LogP contribution in [0.5, 0.6) is 0 Å². The number of carbonyl (C=O) groups excluding carboxylic acids is 2. The third-order valence-electron chi connectivity index (χ3n) is 5.49. The summed E-state index contributed by atoms with van der Waals surface area (Å²) in [5, 5.41) is 6.62. The zero-order valence-corrected chi connectivity index (χ0v) is 18.8. The van der Waals surface area contributed by atoms with Crippen molar-refractivity contribution in [2.75, 3.05) is 11.9 Å². The summed E-state index contributed by atoms with van der Waals surface area (Å²) in [6.45, 7) is 9.76. The summed E-state index contributed by atoms with van der Waals surface area (Å²) in [7, 11) is 0. The minimum absolute atomic E-state index is 0.0861. The second-order valence-electron chi connectivity index (χ2n) is 8.18. The number of fused-ring (bicyclic) bond motifs is 1. The van der Waals surface area contributed by atoms with E-state index in [4.69, 9.17) is 0 Å². The van der Waals surface area contributed by atoms with Crippen LogP contribution in [0.2, 0.25) is 0 Å². The van der Waals surface area contributed by atoms with E-state index in [1.165, 1.54) is 11.3 Å². The molecule has 156 valence electrons. The van der Waals surface area contributed by atoms with Gasteiger partial charge in [0.25, 0.3) is 5.91 Å². The van der Waals surface area contributed by atoms with Crippen molar-refractivity contribution in [2.24, 2.45) is 0 Å². The van der Waals surface area contributed by atoms with E-state index in [0.717, 1.165) is 62.5 Å². The Balaban J connectivity index is 1.48. The fourth-order valence-corrected chi connectivity index (χ4v) is 5.06. The SMILES string of the molecule is Cc1cc(C)c(NC(=O)CNC(=O)c2sc3nc(C4CC4)nc(C)c3c2C)c(C)c1. The van der Waals surface area contributed by atoms with E-state index in [0.29, 0.717) is 10.8 Å². The molecule has 1 aliphatic rings. The first-order chi connectivity index (χ1) is 14.2. The molecule has 2 heterocycles. The lowest BCUT2D eigenvalue weighted by Gasteiger charge is -2.13. The Bertz CT molecular complexity index is 1150. The van der Waals surface area contributed by atoms with Crippen molar-refractivity contribution in [1.82, 2.24) is 15.3 Å². The number of thiophene rings is 1. The molecule has 0 radical (unpaired) electrons. The quantitative estimate of drug-likeness (QED) is 0.635. The van der Waals surface area contributed by atoms with Gasteiger partial charge in [-0.25, -0.2) is 9.97 Å².